The minimum atomic E-state index is -0.0831. The van der Waals surface area contributed by atoms with Gasteiger partial charge in [-0.25, -0.2) is 4.68 Å². The summed E-state index contributed by atoms with van der Waals surface area (Å²) in [6.45, 7) is 4.41. The zero-order valence-electron chi connectivity index (χ0n) is 18.9. The molecular formula is C27H32N4O. The van der Waals surface area contributed by atoms with Crippen LogP contribution in [0.5, 0.6) is 0 Å². The topological polar surface area (TPSA) is 50.2 Å². The number of carbonyl (C=O) groups is 1. The van der Waals surface area contributed by atoms with Crippen LogP contribution in [0.4, 0.5) is 5.69 Å². The Hall–Kier alpha value is -2.92. The van der Waals surface area contributed by atoms with E-state index in [0.29, 0.717) is 5.56 Å². The summed E-state index contributed by atoms with van der Waals surface area (Å²) in [5.74, 6) is -0.0831. The lowest BCUT2D eigenvalue weighted by molar-refractivity contribution is 0.102. The lowest BCUT2D eigenvalue weighted by Crippen LogP contribution is -2.41. The first kappa shape index (κ1) is 21.0. The van der Waals surface area contributed by atoms with Gasteiger partial charge in [-0.05, 0) is 67.5 Å². The number of rotatable bonds is 6. The van der Waals surface area contributed by atoms with Crippen molar-refractivity contribution >= 4 is 11.6 Å². The number of nitrogens with one attached hydrogen (secondary N) is 1. The van der Waals surface area contributed by atoms with Crippen LogP contribution in [0.15, 0.2) is 54.7 Å². The molecule has 0 radical (unpaired) electrons. The average Bonchev–Trinajstić information content (AvgIpc) is 3.09. The third kappa shape index (κ3) is 4.22. The van der Waals surface area contributed by atoms with E-state index in [0.717, 1.165) is 61.9 Å². The monoisotopic (exact) mass is 428 g/mol. The van der Waals surface area contributed by atoms with Gasteiger partial charge in [0.2, 0.25) is 0 Å². The first-order chi connectivity index (χ1) is 15.7. The minimum Gasteiger partial charge on any atom is -0.322 e. The highest BCUT2D eigenvalue weighted by Crippen LogP contribution is 2.28. The molecule has 1 aliphatic carbocycles. The van der Waals surface area contributed by atoms with E-state index >= 15 is 0 Å². The molecule has 32 heavy (non-hydrogen) atoms. The summed E-state index contributed by atoms with van der Waals surface area (Å²) in [6.07, 6.45) is 9.71. The van der Waals surface area contributed by atoms with Crippen molar-refractivity contribution in [2.45, 2.75) is 57.9 Å². The van der Waals surface area contributed by atoms with Gasteiger partial charge in [0.25, 0.3) is 5.91 Å². The summed E-state index contributed by atoms with van der Waals surface area (Å²) >= 11 is 0. The summed E-state index contributed by atoms with van der Waals surface area (Å²) in [5.41, 5.74) is 6.27. The van der Waals surface area contributed by atoms with E-state index in [9.17, 15) is 4.79 Å². The van der Waals surface area contributed by atoms with Gasteiger partial charge >= 0.3 is 0 Å². The molecule has 1 N–H and O–H groups in total. The number of benzene rings is 2. The van der Waals surface area contributed by atoms with Gasteiger partial charge in [0, 0.05) is 24.8 Å². The van der Waals surface area contributed by atoms with E-state index in [1.54, 1.807) is 6.20 Å². The highest BCUT2D eigenvalue weighted by atomic mass is 16.1. The number of aromatic nitrogens is 2. The maximum atomic E-state index is 13.2. The molecule has 1 aromatic heterocycles. The van der Waals surface area contributed by atoms with Crippen LogP contribution in [0.1, 0.15) is 59.8 Å². The Balaban J connectivity index is 1.34. The fourth-order valence-corrected chi connectivity index (χ4v) is 4.97. The van der Waals surface area contributed by atoms with Crippen molar-refractivity contribution in [3.8, 4) is 5.69 Å². The van der Waals surface area contributed by atoms with Gasteiger partial charge in [-0.2, -0.15) is 5.10 Å². The van der Waals surface area contributed by atoms with Crippen LogP contribution in [0.3, 0.4) is 0 Å². The van der Waals surface area contributed by atoms with Crippen molar-refractivity contribution in [2.24, 2.45) is 0 Å². The number of anilines is 1. The number of amides is 1. The number of hydrogen-bond donors (Lipinski definition) is 1. The number of carbonyl (C=O) groups excluding carboxylic acids is 1. The number of para-hydroxylation sites is 1. The molecule has 0 unspecified atom stereocenters. The Morgan fingerprint density at radius 2 is 1.84 bits per heavy atom. The Morgan fingerprint density at radius 3 is 2.56 bits per heavy atom. The fourth-order valence-electron chi connectivity index (χ4n) is 4.97. The summed E-state index contributed by atoms with van der Waals surface area (Å²) in [6, 6.07) is 17.2. The van der Waals surface area contributed by atoms with Crippen LogP contribution in [-0.2, 0) is 19.3 Å². The summed E-state index contributed by atoms with van der Waals surface area (Å²) in [5, 5.41) is 7.68. The third-order valence-electron chi connectivity index (χ3n) is 6.99. The normalized spacial score (nSPS) is 16.8. The van der Waals surface area contributed by atoms with E-state index in [1.807, 2.05) is 35.0 Å². The molecule has 5 rings (SSSR count). The first-order valence-corrected chi connectivity index (χ1v) is 12.0. The molecule has 1 amide bonds. The molecule has 166 valence electrons. The molecule has 2 heterocycles. The van der Waals surface area contributed by atoms with Crippen LogP contribution >= 0.6 is 0 Å². The van der Waals surface area contributed by atoms with Gasteiger partial charge in [-0.1, -0.05) is 44.0 Å². The Labute approximate surface area is 190 Å². The maximum Gasteiger partial charge on any atom is 0.259 e. The molecule has 1 saturated carbocycles. The smallest absolute Gasteiger partial charge is 0.259 e. The molecule has 3 aromatic rings. The SMILES string of the molecule is CCCc1c(C(=O)Nc2ccc3c(c2)CCN(C2CCC2)CC3)cnn1-c1ccccc1. The molecular weight excluding hydrogens is 396 g/mol. The van der Waals surface area contributed by atoms with Gasteiger partial charge < -0.3 is 5.32 Å². The van der Waals surface area contributed by atoms with Crippen molar-refractivity contribution in [2.75, 3.05) is 18.4 Å². The molecule has 2 aromatic carbocycles. The number of hydrogen-bond acceptors (Lipinski definition) is 3. The Kier molecular flexibility index (Phi) is 6.08. The average molecular weight is 429 g/mol. The summed E-state index contributed by atoms with van der Waals surface area (Å²) in [4.78, 5) is 15.9. The maximum absolute atomic E-state index is 13.2. The minimum absolute atomic E-state index is 0.0831. The van der Waals surface area contributed by atoms with E-state index in [1.165, 1.54) is 30.4 Å². The van der Waals surface area contributed by atoms with Crippen LogP contribution < -0.4 is 5.32 Å². The standard InChI is InChI=1S/C27H32N4O/c1-2-7-26-25(19-28-31(26)24-8-4-3-5-9-24)27(32)29-22-13-12-20-14-16-30(23-10-6-11-23)17-15-21(20)18-22/h3-5,8-9,12-13,18-19,23H,2,6-7,10-11,14-17H2,1H3,(H,29,32). The molecule has 2 aliphatic rings. The van der Waals surface area contributed by atoms with E-state index < -0.39 is 0 Å². The lowest BCUT2D eigenvalue weighted by Gasteiger charge is -2.36. The van der Waals surface area contributed by atoms with Gasteiger partial charge in [0.05, 0.1) is 23.1 Å². The van der Waals surface area contributed by atoms with Gasteiger partial charge in [0.1, 0.15) is 0 Å². The second-order valence-corrected chi connectivity index (χ2v) is 9.06. The Morgan fingerprint density at radius 1 is 1.06 bits per heavy atom. The van der Waals surface area contributed by atoms with Crippen molar-refractivity contribution in [1.82, 2.24) is 14.7 Å². The third-order valence-corrected chi connectivity index (χ3v) is 6.99. The second kappa shape index (κ2) is 9.29. The molecule has 1 aliphatic heterocycles. The van der Waals surface area contributed by atoms with Crippen molar-refractivity contribution in [3.05, 3.63) is 77.1 Å². The molecule has 0 bridgehead atoms. The van der Waals surface area contributed by atoms with Gasteiger partial charge in [-0.3, -0.25) is 9.69 Å². The van der Waals surface area contributed by atoms with Crippen molar-refractivity contribution in [1.29, 1.82) is 0 Å². The number of nitrogens with zero attached hydrogens (tertiary/aromatic N) is 3. The van der Waals surface area contributed by atoms with Crippen LogP contribution in [0.25, 0.3) is 5.69 Å². The fraction of sp³-hybridized carbons (Fsp3) is 0.407. The van der Waals surface area contributed by atoms with Gasteiger partial charge in [-0.15, -0.1) is 0 Å². The summed E-state index contributed by atoms with van der Waals surface area (Å²) < 4.78 is 1.89. The van der Waals surface area contributed by atoms with Crippen LogP contribution in [0, 0.1) is 0 Å². The van der Waals surface area contributed by atoms with E-state index in [-0.39, 0.29) is 5.91 Å². The van der Waals surface area contributed by atoms with Crippen LogP contribution in [0.2, 0.25) is 0 Å². The van der Waals surface area contributed by atoms with Crippen molar-refractivity contribution in [3.63, 3.8) is 0 Å². The molecule has 1 fully saturated rings. The molecule has 5 nitrogen and oxygen atoms in total. The largest absolute Gasteiger partial charge is 0.322 e. The quantitative estimate of drug-likeness (QED) is 0.599. The van der Waals surface area contributed by atoms with Crippen LogP contribution in [-0.4, -0.2) is 39.7 Å². The molecule has 5 heteroatoms. The lowest BCUT2D eigenvalue weighted by atomic mass is 9.91. The highest BCUT2D eigenvalue weighted by Gasteiger charge is 2.26. The molecule has 0 atom stereocenters. The Bertz CT molecular complexity index is 1080. The number of fused-ring (bicyclic) bond motifs is 1. The van der Waals surface area contributed by atoms with Crippen molar-refractivity contribution < 1.29 is 4.79 Å². The van der Waals surface area contributed by atoms with Gasteiger partial charge in [0.15, 0.2) is 0 Å². The second-order valence-electron chi connectivity index (χ2n) is 9.06. The molecule has 0 spiro atoms. The highest BCUT2D eigenvalue weighted by molar-refractivity contribution is 6.05. The first-order valence-electron chi connectivity index (χ1n) is 12.0. The summed E-state index contributed by atoms with van der Waals surface area (Å²) in [7, 11) is 0. The van der Waals surface area contributed by atoms with E-state index in [4.69, 9.17) is 0 Å². The van der Waals surface area contributed by atoms with E-state index in [2.05, 4.69) is 40.4 Å². The predicted octanol–water partition coefficient (Wildman–Crippen LogP) is 5.03. The zero-order chi connectivity index (χ0) is 21.9. The molecule has 0 saturated heterocycles. The predicted molar refractivity (Wildman–Crippen MR) is 129 cm³/mol. The zero-order valence-corrected chi connectivity index (χ0v) is 18.9.